The largest absolute Gasteiger partial charge is 0.496 e. The van der Waals surface area contributed by atoms with Gasteiger partial charge in [0.25, 0.3) is 0 Å². The molecule has 0 spiro atoms. The SMILES string of the molecule is CNC(Cc1ccc(OC)c(C)c1OC)C(C)C. The second-order valence-electron chi connectivity index (χ2n) is 4.93. The van der Waals surface area contributed by atoms with E-state index in [9.17, 15) is 0 Å². The molecule has 18 heavy (non-hydrogen) atoms. The van der Waals surface area contributed by atoms with E-state index >= 15 is 0 Å². The highest BCUT2D eigenvalue weighted by atomic mass is 16.5. The first kappa shape index (κ1) is 14.8. The van der Waals surface area contributed by atoms with Crippen molar-refractivity contribution in [3.63, 3.8) is 0 Å². The summed E-state index contributed by atoms with van der Waals surface area (Å²) in [6.45, 7) is 6.49. The van der Waals surface area contributed by atoms with E-state index in [0.29, 0.717) is 12.0 Å². The first-order chi connectivity index (χ1) is 8.54. The number of hydrogen-bond acceptors (Lipinski definition) is 3. The monoisotopic (exact) mass is 251 g/mol. The quantitative estimate of drug-likeness (QED) is 0.843. The average Bonchev–Trinajstić information content (AvgIpc) is 2.35. The van der Waals surface area contributed by atoms with Crippen LogP contribution in [0.2, 0.25) is 0 Å². The highest BCUT2D eigenvalue weighted by Crippen LogP contribution is 2.32. The van der Waals surface area contributed by atoms with Crippen LogP contribution in [0.25, 0.3) is 0 Å². The molecule has 1 rings (SSSR count). The molecule has 0 aliphatic carbocycles. The summed E-state index contributed by atoms with van der Waals surface area (Å²) in [5.41, 5.74) is 2.29. The number of rotatable bonds is 6. The molecular formula is C15H25NO2. The zero-order valence-corrected chi connectivity index (χ0v) is 12.3. The first-order valence-corrected chi connectivity index (χ1v) is 6.42. The molecule has 1 unspecified atom stereocenters. The van der Waals surface area contributed by atoms with Gasteiger partial charge in [-0.15, -0.1) is 0 Å². The van der Waals surface area contributed by atoms with Crippen molar-refractivity contribution in [1.82, 2.24) is 5.32 Å². The second-order valence-corrected chi connectivity index (χ2v) is 4.93. The van der Waals surface area contributed by atoms with Gasteiger partial charge in [-0.2, -0.15) is 0 Å². The minimum Gasteiger partial charge on any atom is -0.496 e. The van der Waals surface area contributed by atoms with E-state index in [0.717, 1.165) is 23.5 Å². The van der Waals surface area contributed by atoms with Crippen LogP contribution in [0.5, 0.6) is 11.5 Å². The Labute approximate surface area is 110 Å². The van der Waals surface area contributed by atoms with Gasteiger partial charge in [0.15, 0.2) is 0 Å². The Kier molecular flexibility index (Phi) is 5.48. The van der Waals surface area contributed by atoms with Crippen molar-refractivity contribution in [1.29, 1.82) is 0 Å². The molecule has 0 aliphatic heterocycles. The van der Waals surface area contributed by atoms with Crippen LogP contribution < -0.4 is 14.8 Å². The molecule has 3 heteroatoms. The molecule has 1 aromatic carbocycles. The summed E-state index contributed by atoms with van der Waals surface area (Å²) in [6.07, 6.45) is 0.960. The summed E-state index contributed by atoms with van der Waals surface area (Å²) in [5.74, 6) is 2.40. The van der Waals surface area contributed by atoms with Crippen molar-refractivity contribution in [3.05, 3.63) is 23.3 Å². The minimum atomic E-state index is 0.451. The van der Waals surface area contributed by atoms with Crippen LogP contribution in [-0.2, 0) is 6.42 Å². The Bertz CT molecular complexity index is 388. The first-order valence-electron chi connectivity index (χ1n) is 6.42. The number of likely N-dealkylation sites (N-methyl/N-ethyl adjacent to an activating group) is 1. The number of ether oxygens (including phenoxy) is 2. The van der Waals surface area contributed by atoms with Crippen LogP contribution in [0.15, 0.2) is 12.1 Å². The molecule has 0 aliphatic rings. The Hall–Kier alpha value is -1.22. The van der Waals surface area contributed by atoms with Crippen molar-refractivity contribution in [3.8, 4) is 11.5 Å². The molecule has 0 saturated heterocycles. The standard InChI is InChI=1S/C15H25NO2/c1-10(2)13(16-4)9-12-7-8-14(17-5)11(3)15(12)18-6/h7-8,10,13,16H,9H2,1-6H3. The highest BCUT2D eigenvalue weighted by molar-refractivity contribution is 5.49. The fourth-order valence-corrected chi connectivity index (χ4v) is 2.30. The summed E-state index contributed by atoms with van der Waals surface area (Å²) in [5, 5.41) is 3.36. The molecule has 0 saturated carbocycles. The molecular weight excluding hydrogens is 226 g/mol. The van der Waals surface area contributed by atoms with Crippen molar-refractivity contribution < 1.29 is 9.47 Å². The minimum absolute atomic E-state index is 0.451. The predicted molar refractivity (Wildman–Crippen MR) is 75.7 cm³/mol. The van der Waals surface area contributed by atoms with E-state index in [-0.39, 0.29) is 0 Å². The molecule has 0 bridgehead atoms. The topological polar surface area (TPSA) is 30.5 Å². The third-order valence-electron chi connectivity index (χ3n) is 3.48. The Morgan fingerprint density at radius 3 is 2.28 bits per heavy atom. The molecule has 1 aromatic rings. The average molecular weight is 251 g/mol. The summed E-state index contributed by atoms with van der Waals surface area (Å²) in [6, 6.07) is 4.56. The fraction of sp³-hybridized carbons (Fsp3) is 0.600. The maximum absolute atomic E-state index is 5.54. The number of nitrogens with one attached hydrogen (secondary N) is 1. The van der Waals surface area contributed by atoms with Gasteiger partial charge in [0.2, 0.25) is 0 Å². The Morgan fingerprint density at radius 2 is 1.83 bits per heavy atom. The molecule has 1 atom stereocenters. The number of methoxy groups -OCH3 is 2. The van der Waals surface area contributed by atoms with Gasteiger partial charge in [-0.3, -0.25) is 0 Å². The van der Waals surface area contributed by atoms with Gasteiger partial charge in [-0.25, -0.2) is 0 Å². The van der Waals surface area contributed by atoms with Gasteiger partial charge in [0.1, 0.15) is 11.5 Å². The highest BCUT2D eigenvalue weighted by Gasteiger charge is 2.17. The van der Waals surface area contributed by atoms with Gasteiger partial charge < -0.3 is 14.8 Å². The van der Waals surface area contributed by atoms with Crippen molar-refractivity contribution in [2.24, 2.45) is 5.92 Å². The van der Waals surface area contributed by atoms with E-state index in [1.54, 1.807) is 14.2 Å². The fourth-order valence-electron chi connectivity index (χ4n) is 2.30. The van der Waals surface area contributed by atoms with Crippen molar-refractivity contribution in [2.45, 2.75) is 33.2 Å². The van der Waals surface area contributed by atoms with E-state index in [1.165, 1.54) is 5.56 Å². The second kappa shape index (κ2) is 6.64. The lowest BCUT2D eigenvalue weighted by Gasteiger charge is -2.22. The van der Waals surface area contributed by atoms with Crippen LogP contribution in [-0.4, -0.2) is 27.3 Å². The van der Waals surface area contributed by atoms with Crippen molar-refractivity contribution in [2.75, 3.05) is 21.3 Å². The lowest BCUT2D eigenvalue weighted by molar-refractivity contribution is 0.376. The van der Waals surface area contributed by atoms with E-state index in [1.807, 2.05) is 20.0 Å². The van der Waals surface area contributed by atoms with E-state index in [2.05, 4.69) is 25.2 Å². The number of benzene rings is 1. The lowest BCUT2D eigenvalue weighted by Crippen LogP contribution is -2.32. The van der Waals surface area contributed by atoms with Crippen LogP contribution in [0.3, 0.4) is 0 Å². The predicted octanol–water partition coefficient (Wildman–Crippen LogP) is 2.80. The third-order valence-corrected chi connectivity index (χ3v) is 3.48. The normalized spacial score (nSPS) is 12.6. The Morgan fingerprint density at radius 1 is 1.17 bits per heavy atom. The summed E-state index contributed by atoms with van der Waals surface area (Å²) in [7, 11) is 5.41. The summed E-state index contributed by atoms with van der Waals surface area (Å²) in [4.78, 5) is 0. The van der Waals surface area contributed by atoms with Gasteiger partial charge in [-0.05, 0) is 37.9 Å². The van der Waals surface area contributed by atoms with E-state index in [4.69, 9.17) is 9.47 Å². The molecule has 3 nitrogen and oxygen atoms in total. The van der Waals surface area contributed by atoms with Gasteiger partial charge in [-0.1, -0.05) is 19.9 Å². The Balaban J connectivity index is 3.05. The molecule has 0 fully saturated rings. The van der Waals surface area contributed by atoms with Gasteiger partial charge in [0, 0.05) is 11.6 Å². The van der Waals surface area contributed by atoms with Crippen LogP contribution in [0, 0.1) is 12.8 Å². The molecule has 1 N–H and O–H groups in total. The smallest absolute Gasteiger partial charge is 0.128 e. The van der Waals surface area contributed by atoms with Gasteiger partial charge >= 0.3 is 0 Å². The van der Waals surface area contributed by atoms with Crippen LogP contribution in [0.1, 0.15) is 25.0 Å². The van der Waals surface area contributed by atoms with Crippen molar-refractivity contribution >= 4 is 0 Å². The maximum atomic E-state index is 5.54. The molecule has 0 heterocycles. The molecule has 0 aromatic heterocycles. The van der Waals surface area contributed by atoms with Crippen LogP contribution >= 0.6 is 0 Å². The van der Waals surface area contributed by atoms with E-state index < -0.39 is 0 Å². The molecule has 0 amide bonds. The molecule has 102 valence electrons. The third kappa shape index (κ3) is 3.16. The zero-order chi connectivity index (χ0) is 13.7. The molecule has 0 radical (unpaired) electrons. The number of hydrogen-bond donors (Lipinski definition) is 1. The maximum Gasteiger partial charge on any atom is 0.128 e. The van der Waals surface area contributed by atoms with Gasteiger partial charge in [0.05, 0.1) is 14.2 Å². The summed E-state index contributed by atoms with van der Waals surface area (Å²) >= 11 is 0. The summed E-state index contributed by atoms with van der Waals surface area (Å²) < 4.78 is 10.9. The van der Waals surface area contributed by atoms with Crippen LogP contribution in [0.4, 0.5) is 0 Å². The zero-order valence-electron chi connectivity index (χ0n) is 12.3. The lowest BCUT2D eigenvalue weighted by atomic mass is 9.95.